The Morgan fingerprint density at radius 1 is 0.794 bits per heavy atom. The van der Waals surface area contributed by atoms with Crippen molar-refractivity contribution in [3.8, 4) is 0 Å². The third kappa shape index (κ3) is 5.16. The van der Waals surface area contributed by atoms with E-state index in [0.717, 1.165) is 61.0 Å². The molecule has 3 aromatic rings. The molecule has 2 aliphatic heterocycles. The Morgan fingerprint density at radius 2 is 1.47 bits per heavy atom. The second kappa shape index (κ2) is 10.4. The number of likely N-dealkylation sites (tertiary alicyclic amines) is 1. The summed E-state index contributed by atoms with van der Waals surface area (Å²) in [7, 11) is 0. The Morgan fingerprint density at radius 3 is 2.15 bits per heavy atom. The third-order valence-electron chi connectivity index (χ3n) is 6.52. The molecular formula is C27H28N4O2S. The normalized spacial score (nSPS) is 16.8. The lowest BCUT2D eigenvalue weighted by Crippen LogP contribution is -2.64. The van der Waals surface area contributed by atoms with Crippen LogP contribution in [-0.2, 0) is 5.75 Å². The SMILES string of the molecule is O=C(c1ccccc1)N1CCN(C2CN(C(=O)c3ccc(SCc4cccnc4)cc3)C2)CC1. The summed E-state index contributed by atoms with van der Waals surface area (Å²) in [6.07, 6.45) is 3.66. The zero-order chi connectivity index (χ0) is 23.3. The maximum absolute atomic E-state index is 12.9. The first-order chi connectivity index (χ1) is 16.7. The van der Waals surface area contributed by atoms with Crippen molar-refractivity contribution in [2.45, 2.75) is 16.7 Å². The number of amides is 2. The van der Waals surface area contributed by atoms with Crippen molar-refractivity contribution in [1.29, 1.82) is 0 Å². The highest BCUT2D eigenvalue weighted by Gasteiger charge is 2.36. The number of carbonyl (C=O) groups is 2. The van der Waals surface area contributed by atoms with Crippen LogP contribution in [0.4, 0.5) is 0 Å². The third-order valence-corrected chi connectivity index (χ3v) is 7.60. The molecule has 0 spiro atoms. The van der Waals surface area contributed by atoms with Crippen molar-refractivity contribution in [2.24, 2.45) is 0 Å². The molecular weight excluding hydrogens is 444 g/mol. The van der Waals surface area contributed by atoms with Crippen LogP contribution >= 0.6 is 11.8 Å². The molecule has 0 aliphatic carbocycles. The minimum Gasteiger partial charge on any atom is -0.336 e. The van der Waals surface area contributed by atoms with Crippen LogP contribution in [0.3, 0.4) is 0 Å². The quantitative estimate of drug-likeness (QED) is 0.513. The highest BCUT2D eigenvalue weighted by Crippen LogP contribution is 2.25. The van der Waals surface area contributed by atoms with Gasteiger partial charge in [-0.25, -0.2) is 0 Å². The van der Waals surface area contributed by atoms with Crippen LogP contribution in [0.5, 0.6) is 0 Å². The van der Waals surface area contributed by atoms with E-state index < -0.39 is 0 Å². The average Bonchev–Trinajstić information content (AvgIpc) is 2.88. The fourth-order valence-corrected chi connectivity index (χ4v) is 5.26. The molecule has 2 aliphatic rings. The molecule has 5 rings (SSSR count). The summed E-state index contributed by atoms with van der Waals surface area (Å²) in [5.74, 6) is 1.06. The van der Waals surface area contributed by atoms with Crippen LogP contribution in [0, 0.1) is 0 Å². The standard InChI is InChI=1S/C27H28N4O2S/c32-26(22-6-2-1-3-7-22)30-15-13-29(14-16-30)24-18-31(19-24)27(33)23-8-10-25(11-9-23)34-20-21-5-4-12-28-17-21/h1-12,17,24H,13-16,18-20H2. The molecule has 0 atom stereocenters. The number of hydrogen-bond acceptors (Lipinski definition) is 5. The molecule has 0 N–H and O–H groups in total. The summed E-state index contributed by atoms with van der Waals surface area (Å²) >= 11 is 1.74. The topological polar surface area (TPSA) is 56.8 Å². The van der Waals surface area contributed by atoms with Crippen molar-refractivity contribution in [2.75, 3.05) is 39.3 Å². The van der Waals surface area contributed by atoms with Crippen molar-refractivity contribution in [3.05, 3.63) is 95.8 Å². The zero-order valence-corrected chi connectivity index (χ0v) is 19.9. The van der Waals surface area contributed by atoms with E-state index in [4.69, 9.17) is 0 Å². The number of carbonyl (C=O) groups excluding carboxylic acids is 2. The Labute approximate surface area is 204 Å². The summed E-state index contributed by atoms with van der Waals surface area (Å²) in [6.45, 7) is 4.68. The number of hydrogen-bond donors (Lipinski definition) is 0. The molecule has 174 valence electrons. The number of nitrogens with zero attached hydrogens (tertiary/aromatic N) is 4. The van der Waals surface area contributed by atoms with Crippen LogP contribution in [-0.4, -0.2) is 76.8 Å². The number of aromatic nitrogens is 1. The van der Waals surface area contributed by atoms with Crippen LogP contribution < -0.4 is 0 Å². The lowest BCUT2D eigenvalue weighted by atomic mass is 10.0. The number of rotatable bonds is 6. The summed E-state index contributed by atoms with van der Waals surface area (Å²) < 4.78 is 0. The molecule has 0 saturated carbocycles. The van der Waals surface area contributed by atoms with Gasteiger partial charge in [0, 0.05) is 79.5 Å². The predicted octanol–water partition coefficient (Wildman–Crippen LogP) is 3.66. The number of thioether (sulfide) groups is 1. The minimum absolute atomic E-state index is 0.0953. The molecule has 3 heterocycles. The van der Waals surface area contributed by atoms with Crippen molar-refractivity contribution < 1.29 is 9.59 Å². The predicted molar refractivity (Wildman–Crippen MR) is 134 cm³/mol. The van der Waals surface area contributed by atoms with Crippen LogP contribution in [0.25, 0.3) is 0 Å². The minimum atomic E-state index is 0.0953. The molecule has 6 nitrogen and oxygen atoms in total. The van der Waals surface area contributed by atoms with E-state index in [9.17, 15) is 9.59 Å². The summed E-state index contributed by atoms with van der Waals surface area (Å²) in [4.78, 5) is 37.1. The first-order valence-corrected chi connectivity index (χ1v) is 12.7. The highest BCUT2D eigenvalue weighted by atomic mass is 32.2. The van der Waals surface area contributed by atoms with Gasteiger partial charge in [-0.3, -0.25) is 19.5 Å². The highest BCUT2D eigenvalue weighted by molar-refractivity contribution is 7.98. The molecule has 0 unspecified atom stereocenters. The Kier molecular flexibility index (Phi) is 6.92. The van der Waals surface area contributed by atoms with Gasteiger partial charge in [0.05, 0.1) is 0 Å². The summed E-state index contributed by atoms with van der Waals surface area (Å²) in [6, 6.07) is 21.8. The fourth-order valence-electron chi connectivity index (χ4n) is 4.43. The molecule has 2 aromatic carbocycles. The Bertz CT molecular complexity index is 1110. The second-order valence-corrected chi connectivity index (χ2v) is 9.78. The van der Waals surface area contributed by atoms with Gasteiger partial charge in [-0.2, -0.15) is 0 Å². The molecule has 2 fully saturated rings. The van der Waals surface area contributed by atoms with Crippen LogP contribution in [0.15, 0.2) is 84.0 Å². The fraction of sp³-hybridized carbons (Fsp3) is 0.296. The molecule has 2 saturated heterocycles. The van der Waals surface area contributed by atoms with Gasteiger partial charge in [0.25, 0.3) is 11.8 Å². The number of piperazine rings is 1. The largest absolute Gasteiger partial charge is 0.336 e. The van der Waals surface area contributed by atoms with Gasteiger partial charge >= 0.3 is 0 Å². The van der Waals surface area contributed by atoms with E-state index >= 15 is 0 Å². The first kappa shape index (κ1) is 22.6. The van der Waals surface area contributed by atoms with Crippen LogP contribution in [0.2, 0.25) is 0 Å². The van der Waals surface area contributed by atoms with Gasteiger partial charge in [0.15, 0.2) is 0 Å². The van der Waals surface area contributed by atoms with Crippen LogP contribution in [0.1, 0.15) is 26.3 Å². The van der Waals surface area contributed by atoms with Crippen molar-refractivity contribution in [1.82, 2.24) is 19.7 Å². The monoisotopic (exact) mass is 472 g/mol. The summed E-state index contributed by atoms with van der Waals surface area (Å²) in [5, 5.41) is 0. The van der Waals surface area contributed by atoms with Crippen molar-refractivity contribution in [3.63, 3.8) is 0 Å². The maximum atomic E-state index is 12.9. The smallest absolute Gasteiger partial charge is 0.253 e. The van der Waals surface area contributed by atoms with E-state index in [2.05, 4.69) is 16.0 Å². The zero-order valence-electron chi connectivity index (χ0n) is 19.0. The molecule has 34 heavy (non-hydrogen) atoms. The van der Waals surface area contributed by atoms with Gasteiger partial charge < -0.3 is 9.80 Å². The van der Waals surface area contributed by atoms with Gasteiger partial charge in [-0.05, 0) is 48.0 Å². The first-order valence-electron chi connectivity index (χ1n) is 11.7. The Balaban J connectivity index is 1.07. The van der Waals surface area contributed by atoms with E-state index in [-0.39, 0.29) is 11.8 Å². The molecule has 0 radical (unpaired) electrons. The van der Waals surface area contributed by atoms with Gasteiger partial charge in [-0.15, -0.1) is 11.8 Å². The second-order valence-electron chi connectivity index (χ2n) is 8.73. The molecule has 2 amide bonds. The van der Waals surface area contributed by atoms with Gasteiger partial charge in [0.1, 0.15) is 0 Å². The van der Waals surface area contributed by atoms with E-state index in [1.54, 1.807) is 18.0 Å². The van der Waals surface area contributed by atoms with E-state index in [1.165, 1.54) is 5.56 Å². The van der Waals surface area contributed by atoms with E-state index in [0.29, 0.717) is 6.04 Å². The molecule has 1 aromatic heterocycles. The molecule has 0 bridgehead atoms. The lowest BCUT2D eigenvalue weighted by molar-refractivity contribution is 0.00853. The number of benzene rings is 2. The van der Waals surface area contributed by atoms with Crippen molar-refractivity contribution >= 4 is 23.6 Å². The average molecular weight is 473 g/mol. The van der Waals surface area contributed by atoms with E-state index in [1.807, 2.05) is 76.7 Å². The lowest BCUT2D eigenvalue weighted by Gasteiger charge is -2.48. The van der Waals surface area contributed by atoms with Gasteiger partial charge in [0.2, 0.25) is 0 Å². The molecule has 7 heteroatoms. The van der Waals surface area contributed by atoms with Gasteiger partial charge in [-0.1, -0.05) is 24.3 Å². The summed E-state index contributed by atoms with van der Waals surface area (Å²) in [5.41, 5.74) is 2.67. The maximum Gasteiger partial charge on any atom is 0.253 e. The Hall–Kier alpha value is -3.16. The number of pyridine rings is 1.